The Hall–Kier alpha value is -1.31. The molecule has 0 saturated heterocycles. The molecule has 2 nitrogen and oxygen atoms in total. The Balaban J connectivity index is 2.02. The maximum atomic E-state index is 12.7. The van der Waals surface area contributed by atoms with Crippen LogP contribution in [-0.4, -0.2) is 12.4 Å². The summed E-state index contributed by atoms with van der Waals surface area (Å²) < 4.78 is 6.04. The number of Topliss-reactive ketones (excluding diaryl/α,β-unsaturated/α-hetero) is 1. The minimum absolute atomic E-state index is 0.374. The van der Waals surface area contributed by atoms with Crippen molar-refractivity contribution < 1.29 is 9.53 Å². The van der Waals surface area contributed by atoms with E-state index >= 15 is 0 Å². The second-order valence-corrected chi connectivity index (χ2v) is 7.19. The number of fused-ring (bicyclic) bond motifs is 6. The monoisotopic (exact) mass is 284 g/mol. The fourth-order valence-electron chi connectivity index (χ4n) is 4.60. The Morgan fingerprint density at radius 2 is 1.71 bits per heavy atom. The summed E-state index contributed by atoms with van der Waals surface area (Å²) in [6.07, 6.45) is 7.61. The lowest BCUT2D eigenvalue weighted by molar-refractivity contribution is 0.0982. The van der Waals surface area contributed by atoms with Crippen molar-refractivity contribution in [2.45, 2.75) is 64.7 Å². The fraction of sp³-hybridized carbons (Fsp3) is 0.632. The van der Waals surface area contributed by atoms with Gasteiger partial charge in [-0.05, 0) is 67.1 Å². The van der Waals surface area contributed by atoms with Crippen LogP contribution in [0.3, 0.4) is 0 Å². The van der Waals surface area contributed by atoms with Crippen LogP contribution in [0.5, 0.6) is 5.75 Å². The van der Waals surface area contributed by atoms with Gasteiger partial charge in [-0.2, -0.15) is 0 Å². The molecule has 0 saturated carbocycles. The molecule has 112 valence electrons. The molecule has 0 N–H and O–H groups in total. The second-order valence-electron chi connectivity index (χ2n) is 7.19. The van der Waals surface area contributed by atoms with Crippen molar-refractivity contribution >= 4 is 5.78 Å². The van der Waals surface area contributed by atoms with Crippen molar-refractivity contribution in [2.75, 3.05) is 6.61 Å². The first-order valence-electron chi connectivity index (χ1n) is 8.55. The van der Waals surface area contributed by atoms with Gasteiger partial charge in [0.1, 0.15) is 5.75 Å². The Bertz CT molecular complexity index is 613. The Labute approximate surface area is 126 Å². The third-order valence-corrected chi connectivity index (χ3v) is 5.59. The van der Waals surface area contributed by atoms with E-state index in [4.69, 9.17) is 4.74 Å². The normalized spacial score (nSPS) is 23.6. The average Bonchev–Trinajstić information content (AvgIpc) is 2.86. The molecule has 0 bridgehead atoms. The molecule has 2 aliphatic carbocycles. The zero-order valence-corrected chi connectivity index (χ0v) is 13.1. The molecular weight excluding hydrogens is 260 g/mol. The number of ether oxygens (including phenoxy) is 1. The molecule has 1 unspecified atom stereocenters. The molecule has 1 aliphatic heterocycles. The molecule has 21 heavy (non-hydrogen) atoms. The van der Waals surface area contributed by atoms with E-state index in [1.165, 1.54) is 35.1 Å². The van der Waals surface area contributed by atoms with Crippen LogP contribution in [0.4, 0.5) is 0 Å². The minimum atomic E-state index is 0.374. The van der Waals surface area contributed by atoms with Crippen molar-refractivity contribution in [3.8, 4) is 5.75 Å². The van der Waals surface area contributed by atoms with Gasteiger partial charge in [0, 0.05) is 17.5 Å². The molecule has 1 aromatic rings. The molecule has 0 amide bonds. The van der Waals surface area contributed by atoms with Gasteiger partial charge in [0.05, 0.1) is 6.61 Å². The van der Waals surface area contributed by atoms with E-state index in [2.05, 4.69) is 13.8 Å². The summed E-state index contributed by atoms with van der Waals surface area (Å²) in [6, 6.07) is 0. The van der Waals surface area contributed by atoms with E-state index in [0.717, 1.165) is 50.0 Å². The lowest BCUT2D eigenvalue weighted by Crippen LogP contribution is -2.19. The number of hydrogen-bond acceptors (Lipinski definition) is 2. The summed E-state index contributed by atoms with van der Waals surface area (Å²) >= 11 is 0. The Morgan fingerprint density at radius 3 is 2.48 bits per heavy atom. The van der Waals surface area contributed by atoms with Gasteiger partial charge in [-0.15, -0.1) is 0 Å². The first-order chi connectivity index (χ1) is 10.2. The zero-order chi connectivity index (χ0) is 14.6. The molecule has 3 aliphatic rings. The second kappa shape index (κ2) is 4.86. The maximum Gasteiger partial charge on any atom is 0.164 e. The van der Waals surface area contributed by atoms with Gasteiger partial charge < -0.3 is 4.74 Å². The number of benzene rings is 1. The highest BCUT2D eigenvalue weighted by atomic mass is 16.5. The third kappa shape index (κ3) is 1.88. The van der Waals surface area contributed by atoms with Crippen LogP contribution in [0.2, 0.25) is 0 Å². The average molecular weight is 284 g/mol. The number of carbonyl (C=O) groups excluding carboxylic acids is 1. The smallest absolute Gasteiger partial charge is 0.164 e. The van der Waals surface area contributed by atoms with E-state index in [1.807, 2.05) is 0 Å². The van der Waals surface area contributed by atoms with Crippen LogP contribution in [0.15, 0.2) is 0 Å². The molecule has 0 radical (unpaired) electrons. The molecule has 0 fully saturated rings. The van der Waals surface area contributed by atoms with Gasteiger partial charge >= 0.3 is 0 Å². The summed E-state index contributed by atoms with van der Waals surface area (Å²) in [6.45, 7) is 5.34. The zero-order valence-electron chi connectivity index (χ0n) is 13.1. The van der Waals surface area contributed by atoms with Gasteiger partial charge in [0.25, 0.3) is 0 Å². The van der Waals surface area contributed by atoms with Crippen LogP contribution in [0.25, 0.3) is 0 Å². The highest BCUT2D eigenvalue weighted by Crippen LogP contribution is 2.49. The largest absolute Gasteiger partial charge is 0.493 e. The van der Waals surface area contributed by atoms with Crippen molar-refractivity contribution in [3.05, 3.63) is 27.8 Å². The number of hydrogen-bond donors (Lipinski definition) is 0. The third-order valence-electron chi connectivity index (χ3n) is 5.59. The van der Waals surface area contributed by atoms with E-state index in [9.17, 15) is 4.79 Å². The van der Waals surface area contributed by atoms with E-state index in [1.54, 1.807) is 0 Å². The molecule has 2 heteroatoms. The summed E-state index contributed by atoms with van der Waals surface area (Å²) in [5, 5.41) is 0. The lowest BCUT2D eigenvalue weighted by atomic mass is 9.78. The predicted molar refractivity (Wildman–Crippen MR) is 83.4 cm³/mol. The van der Waals surface area contributed by atoms with Crippen molar-refractivity contribution in [3.63, 3.8) is 0 Å². The first-order valence-corrected chi connectivity index (χ1v) is 8.55. The van der Waals surface area contributed by atoms with Gasteiger partial charge in [-0.3, -0.25) is 4.79 Å². The van der Waals surface area contributed by atoms with Crippen LogP contribution < -0.4 is 4.74 Å². The molecule has 1 aromatic carbocycles. The van der Waals surface area contributed by atoms with Crippen molar-refractivity contribution in [1.29, 1.82) is 0 Å². The standard InChI is InChI=1S/C19H24O2/c1-11(2)15-10-16(20)18-14-8-5-9-21-19(14)13-7-4-3-6-12(13)17(15)18/h11,15H,3-10H2,1-2H3. The van der Waals surface area contributed by atoms with Gasteiger partial charge in [0.2, 0.25) is 0 Å². The SMILES string of the molecule is CC(C)C1CC(=O)c2c3c(c4c(c21)CCCC4)OCCC3. The van der Waals surface area contributed by atoms with Crippen molar-refractivity contribution in [2.24, 2.45) is 5.92 Å². The summed E-state index contributed by atoms with van der Waals surface area (Å²) in [5.41, 5.74) is 6.69. The van der Waals surface area contributed by atoms with Gasteiger partial charge in [-0.1, -0.05) is 13.8 Å². The molecular formula is C19H24O2. The lowest BCUT2D eigenvalue weighted by Gasteiger charge is -2.30. The summed E-state index contributed by atoms with van der Waals surface area (Å²) in [5.74, 6) is 2.46. The number of carbonyl (C=O) groups is 1. The van der Waals surface area contributed by atoms with E-state index in [-0.39, 0.29) is 0 Å². The Morgan fingerprint density at radius 1 is 1.00 bits per heavy atom. The van der Waals surface area contributed by atoms with E-state index in [0.29, 0.717) is 17.6 Å². The van der Waals surface area contributed by atoms with Gasteiger partial charge in [0.15, 0.2) is 5.78 Å². The van der Waals surface area contributed by atoms with Gasteiger partial charge in [-0.25, -0.2) is 0 Å². The van der Waals surface area contributed by atoms with Crippen LogP contribution >= 0.6 is 0 Å². The summed E-state index contributed by atoms with van der Waals surface area (Å²) in [7, 11) is 0. The van der Waals surface area contributed by atoms with Crippen LogP contribution in [0.1, 0.15) is 78.1 Å². The van der Waals surface area contributed by atoms with E-state index < -0.39 is 0 Å². The molecule has 0 spiro atoms. The quantitative estimate of drug-likeness (QED) is 0.772. The number of rotatable bonds is 1. The summed E-state index contributed by atoms with van der Waals surface area (Å²) in [4.78, 5) is 12.7. The molecule has 0 aromatic heterocycles. The predicted octanol–water partition coefficient (Wildman–Crippen LogP) is 4.22. The first kappa shape index (κ1) is 13.4. The molecule has 1 atom stereocenters. The molecule has 4 rings (SSSR count). The van der Waals surface area contributed by atoms with Crippen molar-refractivity contribution in [1.82, 2.24) is 0 Å². The fourth-order valence-corrected chi connectivity index (χ4v) is 4.60. The van der Waals surface area contributed by atoms with Crippen LogP contribution in [0, 0.1) is 5.92 Å². The maximum absolute atomic E-state index is 12.7. The minimum Gasteiger partial charge on any atom is -0.493 e. The van der Waals surface area contributed by atoms with Crippen LogP contribution in [-0.2, 0) is 19.3 Å². The number of ketones is 1. The molecule has 1 heterocycles. The Kier molecular flexibility index (Phi) is 3.09. The highest BCUT2D eigenvalue weighted by Gasteiger charge is 2.39. The topological polar surface area (TPSA) is 26.3 Å². The highest BCUT2D eigenvalue weighted by molar-refractivity contribution is 6.04.